The Morgan fingerprint density at radius 2 is 2.15 bits per heavy atom. The van der Waals surface area contributed by atoms with Gasteiger partial charge < -0.3 is 10.1 Å². The highest BCUT2D eigenvalue weighted by Crippen LogP contribution is 2.15. The van der Waals surface area contributed by atoms with Crippen molar-refractivity contribution < 1.29 is 9.53 Å². The predicted octanol–water partition coefficient (Wildman–Crippen LogP) is 2.84. The molecule has 1 amide bonds. The van der Waals surface area contributed by atoms with Gasteiger partial charge in [0.05, 0.1) is 10.7 Å². The molecule has 0 unspecified atom stereocenters. The van der Waals surface area contributed by atoms with Gasteiger partial charge in [0.25, 0.3) is 5.91 Å². The van der Waals surface area contributed by atoms with Crippen LogP contribution in [-0.4, -0.2) is 24.0 Å². The highest BCUT2D eigenvalue weighted by Gasteiger charge is 2.03. The Hall–Kier alpha value is -1.59. The second-order valence-corrected chi connectivity index (χ2v) is 5.70. The molecule has 1 heterocycles. The Morgan fingerprint density at radius 1 is 1.40 bits per heavy atom. The van der Waals surface area contributed by atoms with Gasteiger partial charge >= 0.3 is 0 Å². The van der Waals surface area contributed by atoms with Crippen LogP contribution in [0.3, 0.4) is 0 Å². The molecule has 1 aromatic heterocycles. The Balaban J connectivity index is 1.66. The summed E-state index contributed by atoms with van der Waals surface area (Å²) in [7, 11) is 0. The third-order valence-electron chi connectivity index (χ3n) is 2.55. The first kappa shape index (κ1) is 14.8. The third kappa shape index (κ3) is 4.83. The zero-order chi connectivity index (χ0) is 14.4. The van der Waals surface area contributed by atoms with Gasteiger partial charge in [0, 0.05) is 23.4 Å². The fraction of sp³-hybridized carbons (Fsp3) is 0.286. The highest BCUT2D eigenvalue weighted by molar-refractivity contribution is 7.09. The minimum Gasteiger partial charge on any atom is -0.484 e. The Morgan fingerprint density at radius 3 is 2.80 bits per heavy atom. The summed E-state index contributed by atoms with van der Waals surface area (Å²) >= 11 is 7.38. The number of rotatable bonds is 6. The smallest absolute Gasteiger partial charge is 0.257 e. The Labute approximate surface area is 126 Å². The summed E-state index contributed by atoms with van der Waals surface area (Å²) in [6.45, 7) is 2.52. The van der Waals surface area contributed by atoms with Gasteiger partial charge in [0.15, 0.2) is 6.61 Å². The van der Waals surface area contributed by atoms with E-state index in [4.69, 9.17) is 16.3 Å². The molecule has 1 aromatic carbocycles. The largest absolute Gasteiger partial charge is 0.484 e. The van der Waals surface area contributed by atoms with Gasteiger partial charge in [0.2, 0.25) is 0 Å². The molecule has 0 radical (unpaired) electrons. The number of hydrogen-bond acceptors (Lipinski definition) is 4. The van der Waals surface area contributed by atoms with Crippen LogP contribution in [0.5, 0.6) is 5.75 Å². The van der Waals surface area contributed by atoms with Gasteiger partial charge in [-0.15, -0.1) is 11.3 Å². The summed E-state index contributed by atoms with van der Waals surface area (Å²) in [4.78, 5) is 15.9. The van der Waals surface area contributed by atoms with Crippen LogP contribution in [0.1, 0.15) is 10.7 Å². The van der Waals surface area contributed by atoms with E-state index < -0.39 is 0 Å². The average molecular weight is 311 g/mol. The van der Waals surface area contributed by atoms with Gasteiger partial charge in [0.1, 0.15) is 5.75 Å². The van der Waals surface area contributed by atoms with E-state index in [0.717, 1.165) is 17.1 Å². The molecule has 0 aliphatic rings. The Kier molecular flexibility index (Phi) is 5.38. The second-order valence-electron chi connectivity index (χ2n) is 4.20. The van der Waals surface area contributed by atoms with Crippen LogP contribution < -0.4 is 10.1 Å². The molecule has 0 saturated carbocycles. The molecule has 0 atom stereocenters. The van der Waals surface area contributed by atoms with Crippen molar-refractivity contribution in [3.05, 3.63) is 45.4 Å². The van der Waals surface area contributed by atoms with E-state index in [1.807, 2.05) is 12.3 Å². The molecule has 1 N–H and O–H groups in total. The predicted molar refractivity (Wildman–Crippen MR) is 80.5 cm³/mol. The molecule has 0 spiro atoms. The summed E-state index contributed by atoms with van der Waals surface area (Å²) < 4.78 is 5.35. The van der Waals surface area contributed by atoms with Crippen LogP contribution in [0.4, 0.5) is 0 Å². The lowest BCUT2D eigenvalue weighted by Gasteiger charge is -2.07. The maximum absolute atomic E-state index is 11.6. The van der Waals surface area contributed by atoms with Crippen molar-refractivity contribution in [3.63, 3.8) is 0 Å². The molecule has 6 heteroatoms. The monoisotopic (exact) mass is 310 g/mol. The number of carbonyl (C=O) groups is 1. The molecule has 0 aliphatic carbocycles. The average Bonchev–Trinajstić information content (AvgIpc) is 2.84. The summed E-state index contributed by atoms with van der Waals surface area (Å²) in [6, 6.07) is 6.90. The number of amides is 1. The molecule has 20 heavy (non-hydrogen) atoms. The molecule has 0 saturated heterocycles. The van der Waals surface area contributed by atoms with Crippen molar-refractivity contribution >= 4 is 28.8 Å². The first-order chi connectivity index (χ1) is 9.63. The zero-order valence-corrected chi connectivity index (χ0v) is 12.6. The molecule has 2 rings (SSSR count). The highest BCUT2D eigenvalue weighted by atomic mass is 35.5. The quantitative estimate of drug-likeness (QED) is 0.892. The van der Waals surface area contributed by atoms with E-state index in [1.54, 1.807) is 35.6 Å². The summed E-state index contributed by atoms with van der Waals surface area (Å²) in [5.41, 5.74) is 1.01. The van der Waals surface area contributed by atoms with E-state index in [0.29, 0.717) is 17.3 Å². The normalized spacial score (nSPS) is 10.3. The van der Waals surface area contributed by atoms with E-state index >= 15 is 0 Å². The van der Waals surface area contributed by atoms with Crippen molar-refractivity contribution in [2.75, 3.05) is 13.2 Å². The number of thiazole rings is 1. The second kappa shape index (κ2) is 7.26. The van der Waals surface area contributed by atoms with Crippen LogP contribution in [0.25, 0.3) is 0 Å². The molecule has 2 aromatic rings. The fourth-order valence-corrected chi connectivity index (χ4v) is 2.36. The number of aryl methyl sites for hydroxylation is 1. The van der Waals surface area contributed by atoms with E-state index in [9.17, 15) is 4.79 Å². The third-order valence-corrected chi connectivity index (χ3v) is 3.63. The lowest BCUT2D eigenvalue weighted by atomic mass is 10.3. The Bertz CT molecular complexity index is 569. The molecular formula is C14H15ClN2O2S. The van der Waals surface area contributed by atoms with E-state index in [1.165, 1.54) is 0 Å². The summed E-state index contributed by atoms with van der Waals surface area (Å²) in [5, 5.41) is 6.48. The number of carbonyl (C=O) groups excluding carboxylic acids is 1. The van der Waals surface area contributed by atoms with Gasteiger partial charge in [-0.1, -0.05) is 11.6 Å². The van der Waals surface area contributed by atoms with Gasteiger partial charge in [-0.3, -0.25) is 4.79 Å². The minimum atomic E-state index is -0.146. The van der Waals surface area contributed by atoms with Crippen LogP contribution in [-0.2, 0) is 11.2 Å². The number of ether oxygens (including phenoxy) is 1. The lowest BCUT2D eigenvalue weighted by molar-refractivity contribution is -0.123. The zero-order valence-electron chi connectivity index (χ0n) is 11.1. The fourth-order valence-electron chi connectivity index (χ4n) is 1.58. The van der Waals surface area contributed by atoms with Crippen molar-refractivity contribution in [2.45, 2.75) is 13.3 Å². The number of benzene rings is 1. The molecule has 0 aliphatic heterocycles. The van der Waals surface area contributed by atoms with Crippen LogP contribution in [0.15, 0.2) is 29.6 Å². The minimum absolute atomic E-state index is 0.00226. The number of hydrogen-bond donors (Lipinski definition) is 1. The van der Waals surface area contributed by atoms with Gasteiger partial charge in [-0.2, -0.15) is 0 Å². The number of nitrogens with one attached hydrogen (secondary N) is 1. The van der Waals surface area contributed by atoms with Crippen molar-refractivity contribution in [2.24, 2.45) is 0 Å². The molecule has 0 fully saturated rings. The van der Waals surface area contributed by atoms with Crippen LogP contribution >= 0.6 is 22.9 Å². The van der Waals surface area contributed by atoms with E-state index in [2.05, 4.69) is 10.3 Å². The van der Waals surface area contributed by atoms with Crippen LogP contribution in [0, 0.1) is 6.92 Å². The lowest BCUT2D eigenvalue weighted by Crippen LogP contribution is -2.30. The van der Waals surface area contributed by atoms with E-state index in [-0.39, 0.29) is 12.5 Å². The first-order valence-corrected chi connectivity index (χ1v) is 7.45. The number of nitrogens with zero attached hydrogens (tertiary/aromatic N) is 1. The van der Waals surface area contributed by atoms with Crippen molar-refractivity contribution in [3.8, 4) is 5.75 Å². The summed E-state index contributed by atoms with van der Waals surface area (Å²) in [6.07, 6.45) is 0.733. The maximum Gasteiger partial charge on any atom is 0.257 e. The van der Waals surface area contributed by atoms with Crippen LogP contribution in [0.2, 0.25) is 5.02 Å². The SMILES string of the molecule is Cc1nc(CCNC(=O)COc2ccc(Cl)cc2)cs1. The maximum atomic E-state index is 11.6. The number of aromatic nitrogens is 1. The molecule has 4 nitrogen and oxygen atoms in total. The summed E-state index contributed by atoms with van der Waals surface area (Å²) in [5.74, 6) is 0.478. The van der Waals surface area contributed by atoms with Gasteiger partial charge in [-0.05, 0) is 31.2 Å². The topological polar surface area (TPSA) is 51.2 Å². The molecular weight excluding hydrogens is 296 g/mol. The van der Waals surface area contributed by atoms with Gasteiger partial charge in [-0.25, -0.2) is 4.98 Å². The molecule has 106 valence electrons. The van der Waals surface area contributed by atoms with Crippen molar-refractivity contribution in [1.82, 2.24) is 10.3 Å². The number of halogens is 1. The standard InChI is InChI=1S/C14H15ClN2O2S/c1-10-17-12(9-20-10)6-7-16-14(18)8-19-13-4-2-11(15)3-5-13/h2-5,9H,6-8H2,1H3,(H,16,18). The molecule has 0 bridgehead atoms. The van der Waals surface area contributed by atoms with Crippen molar-refractivity contribution in [1.29, 1.82) is 0 Å². The first-order valence-electron chi connectivity index (χ1n) is 6.19.